The van der Waals surface area contributed by atoms with Crippen molar-refractivity contribution in [2.24, 2.45) is 0 Å². The van der Waals surface area contributed by atoms with Crippen LogP contribution in [0.2, 0.25) is 0 Å². The van der Waals surface area contributed by atoms with Crippen LogP contribution in [-0.4, -0.2) is 46.6 Å². The van der Waals surface area contributed by atoms with Crippen LogP contribution in [-0.2, 0) is 4.79 Å². The minimum Gasteiger partial charge on any atom is -0.870 e. The zero-order valence-electron chi connectivity index (χ0n) is 15.6. The van der Waals surface area contributed by atoms with E-state index in [0.29, 0.717) is 6.61 Å². The van der Waals surface area contributed by atoms with Gasteiger partial charge in [0.1, 0.15) is 0 Å². The van der Waals surface area contributed by atoms with Crippen molar-refractivity contribution in [3.05, 3.63) is 0 Å². The standard InChI is InChI=1S/C7H16O.C6H14O2.C2H4O2.2Na.H2O/c1-2-3-4-5-6-7-8;7-5-3-1-2-4-6-8;1-2(3)4;;;/h8H,2-7H2,1H3;7-8H,1-6H2;1H3,(H,3,4);;;1H2/q;;;2*+1;/p-2. The Kier molecular flexibility index (Phi) is 74.7. The molecule has 23 heavy (non-hydrogen) atoms. The van der Waals surface area contributed by atoms with Crippen LogP contribution in [0.25, 0.3) is 0 Å². The quantitative estimate of drug-likeness (QED) is 0.266. The van der Waals surface area contributed by atoms with E-state index in [1.807, 2.05) is 0 Å². The molecule has 0 bridgehead atoms. The minimum atomic E-state index is -1.08. The van der Waals surface area contributed by atoms with Gasteiger partial charge in [0.25, 0.3) is 0 Å². The Bertz CT molecular complexity index is 146. The first-order valence-electron chi connectivity index (χ1n) is 7.56. The largest absolute Gasteiger partial charge is 1.00 e. The Balaban J connectivity index is -0.0000000464. The summed E-state index contributed by atoms with van der Waals surface area (Å²) in [6, 6.07) is 0. The molecule has 0 radical (unpaired) electrons. The van der Waals surface area contributed by atoms with E-state index < -0.39 is 5.97 Å². The molecule has 0 aliphatic heterocycles. The first kappa shape index (κ1) is 39.4. The predicted octanol–water partition coefficient (Wildman–Crippen LogP) is -4.93. The molecular formula is C15H34Na2O6. The van der Waals surface area contributed by atoms with Crippen molar-refractivity contribution in [2.75, 3.05) is 19.8 Å². The molecule has 0 aromatic heterocycles. The van der Waals surface area contributed by atoms with Crippen molar-refractivity contribution in [2.45, 2.75) is 71.6 Å². The fourth-order valence-electron chi connectivity index (χ4n) is 1.29. The second-order valence-corrected chi connectivity index (χ2v) is 4.49. The van der Waals surface area contributed by atoms with Crippen LogP contribution >= 0.6 is 0 Å². The van der Waals surface area contributed by atoms with Gasteiger partial charge in [-0.15, -0.1) is 0 Å². The van der Waals surface area contributed by atoms with Crippen LogP contribution < -0.4 is 64.2 Å². The van der Waals surface area contributed by atoms with E-state index in [1.54, 1.807) is 0 Å². The van der Waals surface area contributed by atoms with Gasteiger partial charge >= 0.3 is 59.1 Å². The van der Waals surface area contributed by atoms with Crippen molar-refractivity contribution < 1.29 is 89.8 Å². The molecular weight excluding hydrogens is 322 g/mol. The average molecular weight is 356 g/mol. The number of hydrogen-bond donors (Lipinski definition) is 3. The summed E-state index contributed by atoms with van der Waals surface area (Å²) in [7, 11) is 0. The molecule has 0 aliphatic carbocycles. The maximum Gasteiger partial charge on any atom is 1.00 e. The van der Waals surface area contributed by atoms with E-state index in [0.717, 1.165) is 39.0 Å². The van der Waals surface area contributed by atoms with Gasteiger partial charge in [-0.05, 0) is 26.2 Å². The smallest absolute Gasteiger partial charge is 0.870 e. The van der Waals surface area contributed by atoms with E-state index in [-0.39, 0.29) is 77.8 Å². The van der Waals surface area contributed by atoms with Gasteiger partial charge < -0.3 is 30.7 Å². The van der Waals surface area contributed by atoms with E-state index in [4.69, 9.17) is 25.2 Å². The third kappa shape index (κ3) is 82.8. The molecule has 0 aromatic carbocycles. The number of carbonyl (C=O) groups excluding carboxylic acids is 1. The van der Waals surface area contributed by atoms with Gasteiger partial charge in [0.2, 0.25) is 0 Å². The molecule has 6 nitrogen and oxygen atoms in total. The van der Waals surface area contributed by atoms with Crippen LogP contribution in [0.15, 0.2) is 0 Å². The summed E-state index contributed by atoms with van der Waals surface area (Å²) in [5.41, 5.74) is 0. The first-order chi connectivity index (χ1) is 9.56. The summed E-state index contributed by atoms with van der Waals surface area (Å²) < 4.78 is 0. The van der Waals surface area contributed by atoms with Crippen molar-refractivity contribution >= 4 is 5.97 Å². The van der Waals surface area contributed by atoms with Gasteiger partial charge in [0.05, 0.1) is 0 Å². The maximum atomic E-state index is 8.89. The Hall–Kier alpha value is 1.31. The molecule has 0 saturated carbocycles. The SMILES string of the molecule is CC(=O)[O-].CCCCCCCO.OCCCCCCO.[Na+].[Na+].[OH-]. The van der Waals surface area contributed by atoms with E-state index >= 15 is 0 Å². The van der Waals surface area contributed by atoms with Crippen LogP contribution in [0.1, 0.15) is 71.6 Å². The number of aliphatic hydroxyl groups is 3. The Labute approximate surface area is 186 Å². The molecule has 0 unspecified atom stereocenters. The zero-order chi connectivity index (χ0) is 16.1. The number of carbonyl (C=O) groups is 1. The third-order valence-corrected chi connectivity index (χ3v) is 2.33. The van der Waals surface area contributed by atoms with Crippen molar-refractivity contribution in [1.29, 1.82) is 0 Å². The molecule has 0 spiro atoms. The summed E-state index contributed by atoms with van der Waals surface area (Å²) in [6.07, 6.45) is 9.90. The average Bonchev–Trinajstić information content (AvgIpc) is 2.40. The monoisotopic (exact) mass is 356 g/mol. The first-order valence-corrected chi connectivity index (χ1v) is 7.56. The third-order valence-electron chi connectivity index (χ3n) is 2.33. The second-order valence-electron chi connectivity index (χ2n) is 4.49. The summed E-state index contributed by atoms with van der Waals surface area (Å²) in [4.78, 5) is 8.89. The number of aliphatic hydroxyl groups excluding tert-OH is 3. The number of carboxylic acid groups (broad SMARTS) is 1. The van der Waals surface area contributed by atoms with Gasteiger partial charge in [-0.3, -0.25) is 0 Å². The Morgan fingerprint density at radius 1 is 0.739 bits per heavy atom. The maximum absolute atomic E-state index is 8.89. The topological polar surface area (TPSA) is 131 Å². The molecule has 0 saturated heterocycles. The predicted molar refractivity (Wildman–Crippen MR) is 81.1 cm³/mol. The molecule has 0 aromatic rings. The summed E-state index contributed by atoms with van der Waals surface area (Å²) in [6.45, 7) is 4.10. The number of aliphatic carboxylic acids is 1. The van der Waals surface area contributed by atoms with Crippen molar-refractivity contribution in [1.82, 2.24) is 0 Å². The Morgan fingerprint density at radius 2 is 0.957 bits per heavy atom. The number of unbranched alkanes of at least 4 members (excludes halogenated alkanes) is 7. The van der Waals surface area contributed by atoms with Crippen LogP contribution in [0.3, 0.4) is 0 Å². The van der Waals surface area contributed by atoms with E-state index in [9.17, 15) is 0 Å². The van der Waals surface area contributed by atoms with Crippen LogP contribution in [0.5, 0.6) is 0 Å². The molecule has 8 heteroatoms. The second kappa shape index (κ2) is 43.6. The molecule has 4 N–H and O–H groups in total. The van der Waals surface area contributed by atoms with Crippen molar-refractivity contribution in [3.8, 4) is 0 Å². The molecule has 132 valence electrons. The molecule has 0 rings (SSSR count). The molecule has 0 fully saturated rings. The number of rotatable bonds is 10. The normalized spacial score (nSPS) is 7.87. The summed E-state index contributed by atoms with van der Waals surface area (Å²) in [5, 5.41) is 33.9. The Morgan fingerprint density at radius 3 is 1.13 bits per heavy atom. The molecule has 0 aliphatic rings. The molecule has 0 heterocycles. The van der Waals surface area contributed by atoms with Gasteiger partial charge in [0, 0.05) is 25.8 Å². The zero-order valence-corrected chi connectivity index (χ0v) is 19.6. The van der Waals surface area contributed by atoms with E-state index in [2.05, 4.69) is 6.92 Å². The number of hydrogen-bond acceptors (Lipinski definition) is 6. The fraction of sp³-hybridized carbons (Fsp3) is 0.933. The van der Waals surface area contributed by atoms with E-state index in [1.165, 1.54) is 25.7 Å². The number of carboxylic acids is 1. The fourth-order valence-corrected chi connectivity index (χ4v) is 1.29. The van der Waals surface area contributed by atoms with Gasteiger partial charge in [-0.2, -0.15) is 0 Å². The molecule has 0 atom stereocenters. The van der Waals surface area contributed by atoms with Crippen LogP contribution in [0.4, 0.5) is 0 Å². The minimum absolute atomic E-state index is 0. The van der Waals surface area contributed by atoms with Gasteiger partial charge in [-0.25, -0.2) is 0 Å². The summed E-state index contributed by atoms with van der Waals surface area (Å²) in [5.74, 6) is -1.08. The van der Waals surface area contributed by atoms with Gasteiger partial charge in [0.15, 0.2) is 0 Å². The summed E-state index contributed by atoms with van der Waals surface area (Å²) >= 11 is 0. The molecule has 0 amide bonds. The van der Waals surface area contributed by atoms with Crippen LogP contribution in [0, 0.1) is 0 Å². The van der Waals surface area contributed by atoms with Gasteiger partial charge in [-0.1, -0.05) is 45.4 Å². The van der Waals surface area contributed by atoms with Crippen molar-refractivity contribution in [3.63, 3.8) is 0 Å².